The van der Waals surface area contributed by atoms with E-state index in [1.54, 1.807) is 13.4 Å². The molecule has 0 aliphatic heterocycles. The van der Waals surface area contributed by atoms with Crippen LogP contribution < -0.4 is 5.32 Å². The number of nitrogens with one attached hydrogen (secondary N) is 2. The number of H-pyrrole nitrogens is 1. The van der Waals surface area contributed by atoms with Crippen molar-refractivity contribution in [3.63, 3.8) is 0 Å². The lowest BCUT2D eigenvalue weighted by molar-refractivity contribution is 0.188. The minimum absolute atomic E-state index is 0.266. The maximum Gasteiger partial charge on any atom is 0.141 e. The molecule has 1 aromatic rings. The Hall–Kier alpha value is -0.940. The van der Waals surface area contributed by atoms with Crippen molar-refractivity contribution in [3.05, 3.63) is 12.2 Å². The highest BCUT2D eigenvalue weighted by atomic mass is 16.5. The van der Waals surface area contributed by atoms with Crippen LogP contribution in [0, 0.1) is 0 Å². The van der Waals surface area contributed by atoms with Gasteiger partial charge in [0.1, 0.15) is 12.2 Å². The van der Waals surface area contributed by atoms with Crippen LogP contribution in [0.2, 0.25) is 0 Å². The van der Waals surface area contributed by atoms with Crippen molar-refractivity contribution in [2.45, 2.75) is 32.2 Å². The molecular weight excluding hydrogens is 192 g/mol. The zero-order chi connectivity index (χ0) is 10.9. The van der Waals surface area contributed by atoms with Crippen LogP contribution in [0.5, 0.6) is 0 Å². The fraction of sp³-hybridized carbons (Fsp3) is 0.800. The lowest BCUT2D eigenvalue weighted by Crippen LogP contribution is -2.23. The van der Waals surface area contributed by atoms with E-state index in [0.717, 1.165) is 38.2 Å². The van der Waals surface area contributed by atoms with E-state index in [4.69, 9.17) is 4.74 Å². The molecule has 0 aliphatic carbocycles. The van der Waals surface area contributed by atoms with Gasteiger partial charge in [-0.1, -0.05) is 6.92 Å². The summed E-state index contributed by atoms with van der Waals surface area (Å²) in [7, 11) is 1.73. The molecule has 1 aromatic heterocycles. The minimum atomic E-state index is 0.266. The first-order valence-corrected chi connectivity index (χ1v) is 5.46. The van der Waals surface area contributed by atoms with Gasteiger partial charge in [0.2, 0.25) is 0 Å². The highest BCUT2D eigenvalue weighted by Gasteiger charge is 2.12. The summed E-state index contributed by atoms with van der Waals surface area (Å²) in [6.45, 7) is 3.94. The van der Waals surface area contributed by atoms with Crippen LogP contribution >= 0.6 is 0 Å². The summed E-state index contributed by atoms with van der Waals surface area (Å²) < 4.78 is 5.04. The molecule has 0 aromatic carbocycles. The number of aromatic amines is 1. The smallest absolute Gasteiger partial charge is 0.141 e. The van der Waals surface area contributed by atoms with Gasteiger partial charge in [-0.3, -0.25) is 5.10 Å². The Kier molecular flexibility index (Phi) is 5.96. The first kappa shape index (κ1) is 12.1. The lowest BCUT2D eigenvalue weighted by Gasteiger charge is -2.15. The average Bonchev–Trinajstić information content (AvgIpc) is 2.76. The van der Waals surface area contributed by atoms with Crippen LogP contribution in [0.1, 0.15) is 38.1 Å². The molecule has 0 bridgehead atoms. The number of rotatable bonds is 8. The molecule has 1 rings (SSSR count). The van der Waals surface area contributed by atoms with Crippen LogP contribution in [0.25, 0.3) is 0 Å². The Morgan fingerprint density at radius 3 is 3.07 bits per heavy atom. The zero-order valence-electron chi connectivity index (χ0n) is 9.49. The first-order valence-electron chi connectivity index (χ1n) is 5.46. The number of methoxy groups -OCH3 is 1. The maximum atomic E-state index is 5.04. The summed E-state index contributed by atoms with van der Waals surface area (Å²) in [6.07, 6.45) is 4.71. The van der Waals surface area contributed by atoms with Gasteiger partial charge in [0.25, 0.3) is 0 Å². The summed E-state index contributed by atoms with van der Waals surface area (Å²) >= 11 is 0. The van der Waals surface area contributed by atoms with E-state index in [0.29, 0.717) is 0 Å². The van der Waals surface area contributed by atoms with Crippen LogP contribution in [0.4, 0.5) is 0 Å². The first-order chi connectivity index (χ1) is 7.38. The molecule has 1 heterocycles. The third-order valence-electron chi connectivity index (χ3n) is 2.25. The minimum Gasteiger partial charge on any atom is -0.385 e. The second kappa shape index (κ2) is 7.36. The lowest BCUT2D eigenvalue weighted by atomic mass is 10.1. The summed E-state index contributed by atoms with van der Waals surface area (Å²) in [4.78, 5) is 4.18. The summed E-state index contributed by atoms with van der Waals surface area (Å²) in [6, 6.07) is 0.266. The van der Waals surface area contributed by atoms with Gasteiger partial charge in [0, 0.05) is 13.7 Å². The van der Waals surface area contributed by atoms with Crippen molar-refractivity contribution in [1.29, 1.82) is 0 Å². The van der Waals surface area contributed by atoms with Crippen molar-refractivity contribution in [2.24, 2.45) is 0 Å². The van der Waals surface area contributed by atoms with Gasteiger partial charge in [0.15, 0.2) is 0 Å². The Morgan fingerprint density at radius 2 is 2.47 bits per heavy atom. The number of aromatic nitrogens is 3. The Labute approximate surface area is 90.6 Å². The molecule has 0 fully saturated rings. The van der Waals surface area contributed by atoms with Crippen molar-refractivity contribution in [1.82, 2.24) is 20.5 Å². The van der Waals surface area contributed by atoms with Gasteiger partial charge in [-0.25, -0.2) is 4.98 Å². The van der Waals surface area contributed by atoms with E-state index in [-0.39, 0.29) is 6.04 Å². The van der Waals surface area contributed by atoms with Crippen molar-refractivity contribution in [3.8, 4) is 0 Å². The van der Waals surface area contributed by atoms with Crippen LogP contribution in [-0.2, 0) is 4.74 Å². The zero-order valence-corrected chi connectivity index (χ0v) is 9.49. The Bertz CT molecular complexity index is 238. The van der Waals surface area contributed by atoms with E-state index in [2.05, 4.69) is 27.4 Å². The van der Waals surface area contributed by atoms with Crippen molar-refractivity contribution in [2.75, 3.05) is 20.3 Å². The number of ether oxygens (including phenoxy) is 1. The average molecular weight is 212 g/mol. The molecule has 0 amide bonds. The largest absolute Gasteiger partial charge is 0.385 e. The highest BCUT2D eigenvalue weighted by molar-refractivity contribution is 4.90. The van der Waals surface area contributed by atoms with E-state index in [1.165, 1.54) is 0 Å². The molecule has 2 N–H and O–H groups in total. The second-order valence-electron chi connectivity index (χ2n) is 3.51. The van der Waals surface area contributed by atoms with Gasteiger partial charge < -0.3 is 10.1 Å². The Morgan fingerprint density at radius 1 is 1.60 bits per heavy atom. The number of hydrogen-bond donors (Lipinski definition) is 2. The quantitative estimate of drug-likeness (QED) is 0.637. The van der Waals surface area contributed by atoms with Crippen molar-refractivity contribution < 1.29 is 4.74 Å². The summed E-state index contributed by atoms with van der Waals surface area (Å²) in [5.74, 6) is 0.916. The summed E-state index contributed by atoms with van der Waals surface area (Å²) in [5, 5.41) is 10.2. The molecule has 5 heteroatoms. The van der Waals surface area contributed by atoms with Gasteiger partial charge in [-0.05, 0) is 25.8 Å². The molecule has 0 spiro atoms. The van der Waals surface area contributed by atoms with Gasteiger partial charge in [0.05, 0.1) is 6.04 Å². The number of nitrogens with zero attached hydrogens (tertiary/aromatic N) is 2. The molecule has 5 nitrogen and oxygen atoms in total. The van der Waals surface area contributed by atoms with E-state index in [1.807, 2.05) is 0 Å². The highest BCUT2D eigenvalue weighted by Crippen LogP contribution is 2.13. The predicted octanol–water partition coefficient (Wildman–Crippen LogP) is 1.27. The standard InChI is InChI=1S/C10H20N4O/c1-3-6-11-9(5-4-7-15-2)10-12-8-13-14-10/h8-9,11H,3-7H2,1-2H3,(H,12,13,14). The molecule has 15 heavy (non-hydrogen) atoms. The maximum absolute atomic E-state index is 5.04. The third kappa shape index (κ3) is 4.40. The van der Waals surface area contributed by atoms with Gasteiger partial charge >= 0.3 is 0 Å². The van der Waals surface area contributed by atoms with Crippen LogP contribution in [0.15, 0.2) is 6.33 Å². The van der Waals surface area contributed by atoms with Crippen LogP contribution in [0.3, 0.4) is 0 Å². The SMILES string of the molecule is CCCNC(CCCOC)c1ncn[nH]1. The predicted molar refractivity (Wildman–Crippen MR) is 58.5 cm³/mol. The molecule has 0 aliphatic rings. The molecular formula is C10H20N4O. The summed E-state index contributed by atoms with van der Waals surface area (Å²) in [5.41, 5.74) is 0. The fourth-order valence-electron chi connectivity index (χ4n) is 1.47. The monoisotopic (exact) mass is 212 g/mol. The molecule has 1 atom stereocenters. The Balaban J connectivity index is 2.39. The number of hydrogen-bond acceptors (Lipinski definition) is 4. The third-order valence-corrected chi connectivity index (χ3v) is 2.25. The van der Waals surface area contributed by atoms with Crippen molar-refractivity contribution >= 4 is 0 Å². The molecule has 86 valence electrons. The second-order valence-corrected chi connectivity index (χ2v) is 3.51. The molecule has 0 radical (unpaired) electrons. The van der Waals surface area contributed by atoms with Crippen LogP contribution in [-0.4, -0.2) is 35.4 Å². The van der Waals surface area contributed by atoms with Gasteiger partial charge in [-0.2, -0.15) is 5.10 Å². The van der Waals surface area contributed by atoms with E-state index >= 15 is 0 Å². The molecule has 0 saturated heterocycles. The van der Waals surface area contributed by atoms with E-state index in [9.17, 15) is 0 Å². The normalized spacial score (nSPS) is 12.9. The van der Waals surface area contributed by atoms with Gasteiger partial charge in [-0.15, -0.1) is 0 Å². The molecule has 1 unspecified atom stereocenters. The fourth-order valence-corrected chi connectivity index (χ4v) is 1.47. The molecule has 0 saturated carbocycles. The topological polar surface area (TPSA) is 62.8 Å². The van der Waals surface area contributed by atoms with E-state index < -0.39 is 0 Å².